The van der Waals surface area contributed by atoms with Gasteiger partial charge in [-0.2, -0.15) is 0 Å². The summed E-state index contributed by atoms with van der Waals surface area (Å²) in [7, 11) is 0. The maximum absolute atomic E-state index is 13.6. The first-order valence-corrected chi connectivity index (χ1v) is 6.97. The van der Waals surface area contributed by atoms with Gasteiger partial charge in [0.1, 0.15) is 5.82 Å². The summed E-state index contributed by atoms with van der Waals surface area (Å²) in [6.45, 7) is 2.23. The van der Waals surface area contributed by atoms with E-state index in [1.165, 1.54) is 12.5 Å². The molecular weight excluding hydrogens is 267 g/mol. The summed E-state index contributed by atoms with van der Waals surface area (Å²) in [5, 5.41) is 3.09. The molecule has 2 rings (SSSR count). The smallest absolute Gasteiger partial charge is 0.236 e. The second kappa shape index (κ2) is 6.87. The molecule has 0 aromatic heterocycles. The molecule has 1 N–H and O–H groups in total. The van der Waals surface area contributed by atoms with E-state index in [1.807, 2.05) is 4.90 Å². The first kappa shape index (κ1) is 14.3. The first-order valence-electron chi connectivity index (χ1n) is 6.60. The summed E-state index contributed by atoms with van der Waals surface area (Å²) >= 11 is 5.70. The largest absolute Gasteiger partial charge is 0.342 e. The quantitative estimate of drug-likeness (QED) is 0.922. The highest BCUT2D eigenvalue weighted by molar-refractivity contribution is 6.30. The highest BCUT2D eigenvalue weighted by Gasteiger charge is 2.15. The number of hydrogen-bond donors (Lipinski definition) is 1. The van der Waals surface area contributed by atoms with Crippen LogP contribution >= 0.6 is 11.6 Å². The number of carbonyl (C=O) groups is 1. The molecule has 0 atom stereocenters. The molecule has 5 heteroatoms. The van der Waals surface area contributed by atoms with Gasteiger partial charge in [0, 0.05) is 25.2 Å². The molecule has 0 unspecified atom stereocenters. The Hall–Kier alpha value is -1.13. The summed E-state index contributed by atoms with van der Waals surface area (Å²) in [6, 6.07) is 4.88. The molecule has 1 amide bonds. The van der Waals surface area contributed by atoms with Crippen molar-refractivity contribution in [3.63, 3.8) is 0 Å². The lowest BCUT2D eigenvalue weighted by molar-refractivity contribution is -0.131. The molecule has 1 aliphatic heterocycles. The number of nitrogens with one attached hydrogen (secondary N) is 1. The number of piperidine rings is 1. The average molecular weight is 285 g/mol. The molecule has 1 aromatic carbocycles. The fourth-order valence-corrected chi connectivity index (χ4v) is 2.44. The van der Waals surface area contributed by atoms with Crippen LogP contribution in [0.1, 0.15) is 24.8 Å². The van der Waals surface area contributed by atoms with Crippen LogP contribution in [0.15, 0.2) is 18.2 Å². The monoisotopic (exact) mass is 284 g/mol. The van der Waals surface area contributed by atoms with Crippen LogP contribution in [0, 0.1) is 5.82 Å². The lowest BCUT2D eigenvalue weighted by Crippen LogP contribution is -2.41. The van der Waals surface area contributed by atoms with E-state index in [-0.39, 0.29) is 17.5 Å². The zero-order valence-corrected chi connectivity index (χ0v) is 11.5. The van der Waals surface area contributed by atoms with Crippen molar-refractivity contribution in [2.75, 3.05) is 19.6 Å². The topological polar surface area (TPSA) is 32.3 Å². The molecule has 104 valence electrons. The average Bonchev–Trinajstić information content (AvgIpc) is 2.44. The van der Waals surface area contributed by atoms with E-state index in [4.69, 9.17) is 11.6 Å². The van der Waals surface area contributed by atoms with Crippen LogP contribution in [0.4, 0.5) is 4.39 Å². The molecule has 3 nitrogen and oxygen atoms in total. The number of rotatable bonds is 4. The third-order valence-electron chi connectivity index (χ3n) is 3.33. The van der Waals surface area contributed by atoms with Crippen LogP contribution in [-0.2, 0) is 11.3 Å². The molecule has 1 saturated heterocycles. The molecule has 0 radical (unpaired) electrons. The molecule has 1 aromatic rings. The summed E-state index contributed by atoms with van der Waals surface area (Å²) in [4.78, 5) is 13.7. The normalized spacial score (nSPS) is 15.6. The van der Waals surface area contributed by atoms with E-state index in [9.17, 15) is 9.18 Å². The van der Waals surface area contributed by atoms with Crippen molar-refractivity contribution in [3.05, 3.63) is 34.6 Å². The van der Waals surface area contributed by atoms with Gasteiger partial charge in [-0.3, -0.25) is 4.79 Å². The van der Waals surface area contributed by atoms with Gasteiger partial charge in [0.25, 0.3) is 0 Å². The minimum atomic E-state index is -0.415. The number of hydrogen-bond acceptors (Lipinski definition) is 2. The maximum atomic E-state index is 13.6. The van der Waals surface area contributed by atoms with E-state index in [0.29, 0.717) is 12.1 Å². The van der Waals surface area contributed by atoms with Crippen LogP contribution in [-0.4, -0.2) is 30.4 Å². The van der Waals surface area contributed by atoms with Crippen molar-refractivity contribution < 1.29 is 9.18 Å². The molecular formula is C14H18ClFN2O. The zero-order chi connectivity index (χ0) is 13.7. The van der Waals surface area contributed by atoms with Crippen molar-refractivity contribution in [3.8, 4) is 0 Å². The van der Waals surface area contributed by atoms with Gasteiger partial charge in [0.05, 0.1) is 11.6 Å². The number of benzene rings is 1. The number of halogens is 2. The van der Waals surface area contributed by atoms with Crippen molar-refractivity contribution >= 4 is 17.5 Å². The Balaban J connectivity index is 1.79. The maximum Gasteiger partial charge on any atom is 0.236 e. The van der Waals surface area contributed by atoms with Gasteiger partial charge in [0.2, 0.25) is 5.91 Å². The third-order valence-corrected chi connectivity index (χ3v) is 3.62. The van der Waals surface area contributed by atoms with E-state index in [1.54, 1.807) is 12.1 Å². The van der Waals surface area contributed by atoms with Gasteiger partial charge >= 0.3 is 0 Å². The summed E-state index contributed by atoms with van der Waals surface area (Å²) in [6.07, 6.45) is 3.36. The number of likely N-dealkylation sites (tertiary alicyclic amines) is 1. The van der Waals surface area contributed by atoms with Crippen LogP contribution in [0.2, 0.25) is 5.02 Å². The SMILES string of the molecule is O=C(CNCc1cccc(Cl)c1F)N1CCCCC1. The van der Waals surface area contributed by atoms with Gasteiger partial charge in [0.15, 0.2) is 0 Å². The summed E-state index contributed by atoms with van der Waals surface area (Å²) in [5.74, 6) is -0.329. The Morgan fingerprint density at radius 3 is 2.79 bits per heavy atom. The second-order valence-electron chi connectivity index (χ2n) is 4.76. The van der Waals surface area contributed by atoms with Crippen molar-refractivity contribution in [2.24, 2.45) is 0 Å². The zero-order valence-electron chi connectivity index (χ0n) is 10.8. The number of amides is 1. The highest BCUT2D eigenvalue weighted by Crippen LogP contribution is 2.17. The standard InChI is InChI=1S/C14H18ClFN2O/c15-12-6-4-5-11(14(12)16)9-17-10-13(19)18-7-2-1-3-8-18/h4-6,17H,1-3,7-10H2. The molecule has 1 fully saturated rings. The Kier molecular flexibility index (Phi) is 5.16. The summed E-state index contributed by atoms with van der Waals surface area (Å²) in [5.41, 5.74) is 0.485. The highest BCUT2D eigenvalue weighted by atomic mass is 35.5. The fraction of sp³-hybridized carbons (Fsp3) is 0.500. The van der Waals surface area contributed by atoms with Crippen LogP contribution in [0.5, 0.6) is 0 Å². The first-order chi connectivity index (χ1) is 9.18. The lowest BCUT2D eigenvalue weighted by atomic mass is 10.1. The Morgan fingerprint density at radius 1 is 1.32 bits per heavy atom. The Labute approximate surface area is 117 Å². The van der Waals surface area contributed by atoms with Gasteiger partial charge in [-0.05, 0) is 25.3 Å². The Bertz CT molecular complexity index is 447. The predicted octanol–water partition coefficient (Wildman–Crippen LogP) is 2.58. The van der Waals surface area contributed by atoms with Gasteiger partial charge in [-0.25, -0.2) is 4.39 Å². The number of nitrogens with zero attached hydrogens (tertiary/aromatic N) is 1. The minimum Gasteiger partial charge on any atom is -0.342 e. The second-order valence-corrected chi connectivity index (χ2v) is 5.17. The molecule has 0 spiro atoms. The molecule has 1 heterocycles. The van der Waals surface area contributed by atoms with Gasteiger partial charge in [-0.1, -0.05) is 23.7 Å². The molecule has 19 heavy (non-hydrogen) atoms. The fourth-order valence-electron chi connectivity index (χ4n) is 2.24. The molecule has 0 saturated carbocycles. The Morgan fingerprint density at radius 2 is 2.05 bits per heavy atom. The van der Waals surface area contributed by atoms with Crippen molar-refractivity contribution in [1.82, 2.24) is 10.2 Å². The molecule has 0 aliphatic carbocycles. The van der Waals surface area contributed by atoms with Crippen LogP contribution in [0.25, 0.3) is 0 Å². The van der Waals surface area contributed by atoms with E-state index in [0.717, 1.165) is 25.9 Å². The number of carbonyl (C=O) groups excluding carboxylic acids is 1. The van der Waals surface area contributed by atoms with Crippen molar-refractivity contribution in [1.29, 1.82) is 0 Å². The molecule has 1 aliphatic rings. The van der Waals surface area contributed by atoms with Gasteiger partial charge < -0.3 is 10.2 Å². The van der Waals surface area contributed by atoms with Crippen LogP contribution in [0.3, 0.4) is 0 Å². The van der Waals surface area contributed by atoms with Crippen molar-refractivity contribution in [2.45, 2.75) is 25.8 Å². The van der Waals surface area contributed by atoms with Gasteiger partial charge in [-0.15, -0.1) is 0 Å². The van der Waals surface area contributed by atoms with Crippen LogP contribution < -0.4 is 5.32 Å². The third kappa shape index (κ3) is 3.91. The molecule has 0 bridgehead atoms. The minimum absolute atomic E-state index is 0.0853. The van der Waals surface area contributed by atoms with E-state index >= 15 is 0 Å². The lowest BCUT2D eigenvalue weighted by Gasteiger charge is -2.26. The predicted molar refractivity (Wildman–Crippen MR) is 73.5 cm³/mol. The van der Waals surface area contributed by atoms with E-state index < -0.39 is 5.82 Å². The van der Waals surface area contributed by atoms with E-state index in [2.05, 4.69) is 5.32 Å². The summed E-state index contributed by atoms with van der Waals surface area (Å²) < 4.78 is 13.6.